The molecule has 2 atom stereocenters. The highest BCUT2D eigenvalue weighted by molar-refractivity contribution is 5.92. The molecule has 0 aromatic carbocycles. The van der Waals surface area contributed by atoms with Crippen LogP contribution in [-0.2, 0) is 4.79 Å². The SMILES string of the molecule is CC1CC(C)CN(C(=O)CN2CCN(C(=O)c3cnccn3)CC2)C1. The number of hydrogen-bond acceptors (Lipinski definition) is 5. The van der Waals surface area contributed by atoms with Crippen LogP contribution in [0.15, 0.2) is 18.6 Å². The molecule has 3 rings (SSSR count). The first-order valence-electron chi connectivity index (χ1n) is 9.08. The van der Waals surface area contributed by atoms with Gasteiger partial charge in [-0.2, -0.15) is 0 Å². The van der Waals surface area contributed by atoms with Crippen LogP contribution in [-0.4, -0.2) is 82.3 Å². The van der Waals surface area contributed by atoms with Crippen molar-refractivity contribution in [3.8, 4) is 0 Å². The Bertz CT molecular complexity index is 591. The minimum absolute atomic E-state index is 0.0854. The third-order valence-electron chi connectivity index (χ3n) is 5.02. The van der Waals surface area contributed by atoms with E-state index in [4.69, 9.17) is 0 Å². The van der Waals surface area contributed by atoms with Crippen LogP contribution >= 0.6 is 0 Å². The molecule has 2 fully saturated rings. The topological polar surface area (TPSA) is 69.6 Å². The van der Waals surface area contributed by atoms with Crippen molar-refractivity contribution in [3.05, 3.63) is 24.3 Å². The van der Waals surface area contributed by atoms with Gasteiger partial charge >= 0.3 is 0 Å². The molecule has 0 radical (unpaired) electrons. The smallest absolute Gasteiger partial charge is 0.274 e. The Hall–Kier alpha value is -2.02. The largest absolute Gasteiger partial charge is 0.341 e. The van der Waals surface area contributed by atoms with Gasteiger partial charge in [0.1, 0.15) is 5.69 Å². The molecule has 136 valence electrons. The first kappa shape index (κ1) is 17.8. The summed E-state index contributed by atoms with van der Waals surface area (Å²) in [5, 5.41) is 0. The van der Waals surface area contributed by atoms with Gasteiger partial charge in [-0.05, 0) is 18.3 Å². The average Bonchev–Trinajstić information content (AvgIpc) is 2.61. The number of piperidine rings is 1. The highest BCUT2D eigenvalue weighted by atomic mass is 16.2. The van der Waals surface area contributed by atoms with E-state index in [-0.39, 0.29) is 11.8 Å². The van der Waals surface area contributed by atoms with Crippen LogP contribution in [0, 0.1) is 11.8 Å². The molecule has 7 nitrogen and oxygen atoms in total. The van der Waals surface area contributed by atoms with Gasteiger partial charge < -0.3 is 9.80 Å². The Morgan fingerprint density at radius 3 is 2.32 bits per heavy atom. The molecule has 0 bridgehead atoms. The molecule has 1 aromatic rings. The van der Waals surface area contributed by atoms with Gasteiger partial charge in [0.05, 0.1) is 12.7 Å². The molecule has 0 aliphatic carbocycles. The van der Waals surface area contributed by atoms with Gasteiger partial charge in [-0.3, -0.25) is 19.5 Å². The zero-order valence-corrected chi connectivity index (χ0v) is 15.1. The van der Waals surface area contributed by atoms with E-state index in [1.54, 1.807) is 11.1 Å². The van der Waals surface area contributed by atoms with Gasteiger partial charge in [-0.1, -0.05) is 13.8 Å². The van der Waals surface area contributed by atoms with Crippen molar-refractivity contribution >= 4 is 11.8 Å². The second-order valence-corrected chi connectivity index (χ2v) is 7.40. The lowest BCUT2D eigenvalue weighted by Gasteiger charge is -2.38. The molecule has 2 saturated heterocycles. The third kappa shape index (κ3) is 4.54. The Morgan fingerprint density at radius 1 is 1.04 bits per heavy atom. The number of carbonyl (C=O) groups excluding carboxylic acids is 2. The van der Waals surface area contributed by atoms with Crippen molar-refractivity contribution in [1.29, 1.82) is 0 Å². The van der Waals surface area contributed by atoms with E-state index in [0.29, 0.717) is 37.2 Å². The molecule has 2 amide bonds. The first-order valence-corrected chi connectivity index (χ1v) is 9.08. The Labute approximate surface area is 149 Å². The lowest BCUT2D eigenvalue weighted by atomic mass is 9.92. The van der Waals surface area contributed by atoms with E-state index >= 15 is 0 Å². The summed E-state index contributed by atoms with van der Waals surface area (Å²) in [5.41, 5.74) is 0.378. The van der Waals surface area contributed by atoms with E-state index in [9.17, 15) is 9.59 Å². The summed E-state index contributed by atoms with van der Waals surface area (Å²) < 4.78 is 0. The summed E-state index contributed by atoms with van der Waals surface area (Å²) in [4.78, 5) is 38.9. The van der Waals surface area contributed by atoms with Crippen molar-refractivity contribution < 1.29 is 9.59 Å². The number of aromatic nitrogens is 2. The monoisotopic (exact) mass is 345 g/mol. The Morgan fingerprint density at radius 2 is 1.72 bits per heavy atom. The molecule has 0 spiro atoms. The fourth-order valence-corrected chi connectivity index (χ4v) is 3.84. The molecule has 3 heterocycles. The van der Waals surface area contributed by atoms with Crippen molar-refractivity contribution in [3.63, 3.8) is 0 Å². The predicted octanol–water partition coefficient (Wildman–Crippen LogP) is 0.739. The summed E-state index contributed by atoms with van der Waals surface area (Å²) in [5.74, 6) is 1.29. The molecule has 2 aliphatic heterocycles. The van der Waals surface area contributed by atoms with E-state index in [1.807, 2.05) is 4.90 Å². The summed E-state index contributed by atoms with van der Waals surface area (Å²) in [6.45, 7) is 9.30. The van der Waals surface area contributed by atoms with Gasteiger partial charge in [-0.25, -0.2) is 4.98 Å². The van der Waals surface area contributed by atoms with Crippen LogP contribution in [0.2, 0.25) is 0 Å². The zero-order valence-electron chi connectivity index (χ0n) is 15.1. The average molecular weight is 345 g/mol. The maximum absolute atomic E-state index is 12.6. The van der Waals surface area contributed by atoms with Gasteiger partial charge in [-0.15, -0.1) is 0 Å². The number of nitrogens with zero attached hydrogens (tertiary/aromatic N) is 5. The molecule has 1 aromatic heterocycles. The lowest BCUT2D eigenvalue weighted by Crippen LogP contribution is -2.53. The van der Waals surface area contributed by atoms with Crippen molar-refractivity contribution in [1.82, 2.24) is 24.7 Å². The van der Waals surface area contributed by atoms with E-state index < -0.39 is 0 Å². The van der Waals surface area contributed by atoms with Crippen LogP contribution in [0.1, 0.15) is 30.8 Å². The maximum Gasteiger partial charge on any atom is 0.274 e. The Balaban J connectivity index is 1.48. The molecule has 7 heteroatoms. The number of piperazine rings is 1. The number of amides is 2. The summed E-state index contributed by atoms with van der Waals surface area (Å²) in [7, 11) is 0. The fraction of sp³-hybridized carbons (Fsp3) is 0.667. The third-order valence-corrected chi connectivity index (χ3v) is 5.02. The van der Waals surface area contributed by atoms with Crippen molar-refractivity contribution in [2.24, 2.45) is 11.8 Å². The highest BCUT2D eigenvalue weighted by Gasteiger charge is 2.28. The molecule has 0 saturated carbocycles. The van der Waals surface area contributed by atoms with E-state index in [0.717, 1.165) is 26.2 Å². The second kappa shape index (κ2) is 7.91. The van der Waals surface area contributed by atoms with Crippen molar-refractivity contribution in [2.45, 2.75) is 20.3 Å². The summed E-state index contributed by atoms with van der Waals surface area (Å²) >= 11 is 0. The second-order valence-electron chi connectivity index (χ2n) is 7.40. The highest BCUT2D eigenvalue weighted by Crippen LogP contribution is 2.21. The number of carbonyl (C=O) groups is 2. The minimum atomic E-state index is -0.0854. The number of hydrogen-bond donors (Lipinski definition) is 0. The minimum Gasteiger partial charge on any atom is -0.341 e. The van der Waals surface area contributed by atoms with E-state index in [2.05, 4.69) is 28.7 Å². The summed E-state index contributed by atoms with van der Waals surface area (Å²) in [6.07, 6.45) is 5.79. The molecule has 25 heavy (non-hydrogen) atoms. The van der Waals surface area contributed by atoms with Gasteiger partial charge in [0, 0.05) is 51.7 Å². The first-order chi connectivity index (χ1) is 12.0. The summed E-state index contributed by atoms with van der Waals surface area (Å²) in [6, 6.07) is 0. The van der Waals surface area contributed by atoms with Crippen LogP contribution in [0.3, 0.4) is 0 Å². The maximum atomic E-state index is 12.6. The molecule has 0 N–H and O–H groups in total. The van der Waals surface area contributed by atoms with Crippen LogP contribution in [0.5, 0.6) is 0 Å². The fourth-order valence-electron chi connectivity index (χ4n) is 3.84. The van der Waals surface area contributed by atoms with Crippen LogP contribution in [0.4, 0.5) is 0 Å². The van der Waals surface area contributed by atoms with Crippen molar-refractivity contribution in [2.75, 3.05) is 45.8 Å². The van der Waals surface area contributed by atoms with E-state index in [1.165, 1.54) is 18.8 Å². The molecule has 2 unspecified atom stereocenters. The standard InChI is InChI=1S/C18H27N5O2/c1-14-9-15(2)12-23(11-14)17(24)13-21-5-7-22(8-6-21)18(25)16-10-19-3-4-20-16/h3-4,10,14-15H,5-9,11-13H2,1-2H3. The van der Waals surface area contributed by atoms with Gasteiger partial charge in [0.15, 0.2) is 0 Å². The zero-order chi connectivity index (χ0) is 17.8. The quantitative estimate of drug-likeness (QED) is 0.808. The van der Waals surface area contributed by atoms with Crippen LogP contribution in [0.25, 0.3) is 0 Å². The van der Waals surface area contributed by atoms with Gasteiger partial charge in [0.2, 0.25) is 5.91 Å². The molecular formula is C18H27N5O2. The number of rotatable bonds is 3. The molecule has 2 aliphatic rings. The lowest BCUT2D eigenvalue weighted by molar-refractivity contribution is -0.135. The normalized spacial score (nSPS) is 25.0. The van der Waals surface area contributed by atoms with Gasteiger partial charge in [0.25, 0.3) is 5.91 Å². The predicted molar refractivity (Wildman–Crippen MR) is 93.9 cm³/mol. The van der Waals surface area contributed by atoms with Crippen LogP contribution < -0.4 is 0 Å². The Kier molecular flexibility index (Phi) is 5.63. The number of likely N-dealkylation sites (tertiary alicyclic amines) is 1. The molecular weight excluding hydrogens is 318 g/mol.